The number of nitrogens with zero attached hydrogens (tertiary/aromatic N) is 2. The molecule has 4 rings (SSSR count). The standard InChI is InChI=1S/C26H21N3O4/c1-33-26(32)23-22(18-11-5-2-6-12-18)24(19-13-7-3-8-14-19)28-29(25(23)31)17-21(30)27-20-15-9-4-10-16-20/h2-16H,17H2,1H3,(H,27,30). The van der Waals surface area contributed by atoms with Gasteiger partial charge in [0.2, 0.25) is 5.91 Å². The molecule has 33 heavy (non-hydrogen) atoms. The van der Waals surface area contributed by atoms with Crippen molar-refractivity contribution in [3.63, 3.8) is 0 Å². The molecular weight excluding hydrogens is 418 g/mol. The second-order valence-electron chi connectivity index (χ2n) is 7.20. The molecule has 0 fully saturated rings. The number of esters is 1. The fourth-order valence-corrected chi connectivity index (χ4v) is 3.51. The number of benzene rings is 3. The van der Waals surface area contributed by atoms with Crippen LogP contribution in [0.2, 0.25) is 0 Å². The minimum atomic E-state index is -0.796. The lowest BCUT2D eigenvalue weighted by Gasteiger charge is -2.16. The number of nitrogens with one attached hydrogen (secondary N) is 1. The van der Waals surface area contributed by atoms with E-state index in [4.69, 9.17) is 4.74 Å². The van der Waals surface area contributed by atoms with Gasteiger partial charge in [-0.3, -0.25) is 9.59 Å². The van der Waals surface area contributed by atoms with Gasteiger partial charge in [-0.05, 0) is 17.7 Å². The molecule has 0 unspecified atom stereocenters. The Bertz CT molecular complexity index is 1330. The number of anilines is 1. The summed E-state index contributed by atoms with van der Waals surface area (Å²) < 4.78 is 5.94. The quantitative estimate of drug-likeness (QED) is 0.459. The Morgan fingerprint density at radius 2 is 1.39 bits per heavy atom. The van der Waals surface area contributed by atoms with Gasteiger partial charge in [-0.1, -0.05) is 78.9 Å². The van der Waals surface area contributed by atoms with E-state index >= 15 is 0 Å². The summed E-state index contributed by atoms with van der Waals surface area (Å²) in [4.78, 5) is 38.8. The highest BCUT2D eigenvalue weighted by Gasteiger charge is 2.26. The molecule has 1 heterocycles. The lowest BCUT2D eigenvalue weighted by Crippen LogP contribution is -2.34. The summed E-state index contributed by atoms with van der Waals surface area (Å²) in [6.45, 7) is -0.368. The summed E-state index contributed by atoms with van der Waals surface area (Å²) in [6.07, 6.45) is 0. The van der Waals surface area contributed by atoms with E-state index in [2.05, 4.69) is 10.4 Å². The Kier molecular flexibility index (Phi) is 6.40. The van der Waals surface area contributed by atoms with Crippen molar-refractivity contribution in [2.45, 2.75) is 6.54 Å². The van der Waals surface area contributed by atoms with E-state index < -0.39 is 17.4 Å². The van der Waals surface area contributed by atoms with Crippen LogP contribution in [0.15, 0.2) is 95.8 Å². The number of amides is 1. The maximum absolute atomic E-state index is 13.4. The normalized spacial score (nSPS) is 10.5. The highest BCUT2D eigenvalue weighted by Crippen LogP contribution is 2.32. The summed E-state index contributed by atoms with van der Waals surface area (Å²) in [6, 6.07) is 27.1. The topological polar surface area (TPSA) is 90.3 Å². The second-order valence-corrected chi connectivity index (χ2v) is 7.20. The molecule has 1 N–H and O–H groups in total. The lowest BCUT2D eigenvalue weighted by molar-refractivity contribution is -0.117. The van der Waals surface area contributed by atoms with Crippen molar-refractivity contribution in [1.29, 1.82) is 0 Å². The van der Waals surface area contributed by atoms with E-state index in [0.717, 1.165) is 4.68 Å². The van der Waals surface area contributed by atoms with Crippen molar-refractivity contribution in [3.8, 4) is 22.4 Å². The summed E-state index contributed by atoms with van der Waals surface area (Å²) in [5.74, 6) is -1.24. The number of hydrogen-bond acceptors (Lipinski definition) is 5. The molecule has 0 aliphatic rings. The Morgan fingerprint density at radius 1 is 0.848 bits per heavy atom. The fraction of sp³-hybridized carbons (Fsp3) is 0.0769. The molecule has 0 saturated carbocycles. The number of hydrogen-bond donors (Lipinski definition) is 1. The third-order valence-electron chi connectivity index (χ3n) is 5.01. The van der Waals surface area contributed by atoms with E-state index in [-0.39, 0.29) is 12.1 Å². The molecule has 7 heteroatoms. The van der Waals surface area contributed by atoms with Crippen LogP contribution in [0.25, 0.3) is 22.4 Å². The predicted octanol–water partition coefficient (Wildman–Crippen LogP) is 4.00. The van der Waals surface area contributed by atoms with Gasteiger partial charge in [0.05, 0.1) is 12.8 Å². The molecule has 0 aliphatic heterocycles. The molecule has 0 saturated heterocycles. The van der Waals surface area contributed by atoms with E-state index in [0.29, 0.717) is 28.1 Å². The minimum Gasteiger partial charge on any atom is -0.465 e. The van der Waals surface area contributed by atoms with Gasteiger partial charge in [0.1, 0.15) is 12.1 Å². The highest BCUT2D eigenvalue weighted by molar-refractivity contribution is 6.01. The second kappa shape index (κ2) is 9.74. The Balaban J connectivity index is 1.89. The van der Waals surface area contributed by atoms with Crippen LogP contribution in [0.4, 0.5) is 5.69 Å². The van der Waals surface area contributed by atoms with E-state index in [1.165, 1.54) is 7.11 Å². The molecule has 4 aromatic rings. The molecule has 0 spiro atoms. The van der Waals surface area contributed by atoms with Gasteiger partial charge in [0.25, 0.3) is 5.56 Å². The van der Waals surface area contributed by atoms with Crippen molar-refractivity contribution in [2.24, 2.45) is 0 Å². The number of ether oxygens (including phenoxy) is 1. The minimum absolute atomic E-state index is 0.176. The van der Waals surface area contributed by atoms with E-state index in [1.807, 2.05) is 54.6 Å². The first kappa shape index (κ1) is 21.7. The number of carbonyl (C=O) groups excluding carboxylic acids is 2. The molecule has 164 valence electrons. The monoisotopic (exact) mass is 439 g/mol. The first-order valence-corrected chi connectivity index (χ1v) is 10.3. The smallest absolute Gasteiger partial charge is 0.344 e. The number of methoxy groups -OCH3 is 1. The van der Waals surface area contributed by atoms with Crippen molar-refractivity contribution < 1.29 is 14.3 Å². The number of rotatable bonds is 6. The summed E-state index contributed by atoms with van der Waals surface area (Å²) in [5, 5.41) is 7.24. The van der Waals surface area contributed by atoms with Gasteiger partial charge in [0, 0.05) is 16.8 Å². The molecule has 1 aromatic heterocycles. The van der Waals surface area contributed by atoms with Crippen molar-refractivity contribution in [1.82, 2.24) is 9.78 Å². The molecule has 0 radical (unpaired) electrons. The molecule has 3 aromatic carbocycles. The van der Waals surface area contributed by atoms with Gasteiger partial charge in [-0.25, -0.2) is 9.48 Å². The van der Waals surface area contributed by atoms with Crippen molar-refractivity contribution >= 4 is 17.6 Å². The van der Waals surface area contributed by atoms with Crippen molar-refractivity contribution in [2.75, 3.05) is 12.4 Å². The van der Waals surface area contributed by atoms with Crippen LogP contribution in [-0.4, -0.2) is 28.8 Å². The van der Waals surface area contributed by atoms with Gasteiger partial charge in [0.15, 0.2) is 0 Å². The van der Waals surface area contributed by atoms with Gasteiger partial charge >= 0.3 is 5.97 Å². The Hall–Kier alpha value is -4.52. The van der Waals surface area contributed by atoms with Crippen LogP contribution in [0.3, 0.4) is 0 Å². The highest BCUT2D eigenvalue weighted by atomic mass is 16.5. The first-order chi connectivity index (χ1) is 16.1. The average Bonchev–Trinajstić information content (AvgIpc) is 2.86. The van der Waals surface area contributed by atoms with Crippen LogP contribution in [0, 0.1) is 0 Å². The molecule has 0 bridgehead atoms. The number of aromatic nitrogens is 2. The molecule has 0 atom stereocenters. The van der Waals surface area contributed by atoms with Crippen LogP contribution in [0.1, 0.15) is 10.4 Å². The van der Waals surface area contributed by atoms with Gasteiger partial charge in [-0.15, -0.1) is 0 Å². The molecule has 1 amide bonds. The Labute approximate surface area is 190 Å². The van der Waals surface area contributed by atoms with Crippen LogP contribution < -0.4 is 10.9 Å². The van der Waals surface area contributed by atoms with Gasteiger partial charge in [-0.2, -0.15) is 5.10 Å². The molecule has 0 aliphatic carbocycles. The maximum Gasteiger partial charge on any atom is 0.344 e. The van der Waals surface area contributed by atoms with Crippen LogP contribution in [0.5, 0.6) is 0 Å². The lowest BCUT2D eigenvalue weighted by atomic mass is 9.95. The predicted molar refractivity (Wildman–Crippen MR) is 126 cm³/mol. The number of carbonyl (C=O) groups is 2. The zero-order valence-electron chi connectivity index (χ0n) is 17.9. The first-order valence-electron chi connectivity index (χ1n) is 10.3. The summed E-state index contributed by atoms with van der Waals surface area (Å²) >= 11 is 0. The Morgan fingerprint density at radius 3 is 1.97 bits per heavy atom. The molecule has 7 nitrogen and oxygen atoms in total. The third-order valence-corrected chi connectivity index (χ3v) is 5.01. The summed E-state index contributed by atoms with van der Waals surface area (Å²) in [5.41, 5.74) is 1.80. The average molecular weight is 439 g/mol. The van der Waals surface area contributed by atoms with Crippen LogP contribution >= 0.6 is 0 Å². The van der Waals surface area contributed by atoms with Crippen LogP contribution in [-0.2, 0) is 16.1 Å². The largest absolute Gasteiger partial charge is 0.465 e. The van der Waals surface area contributed by atoms with E-state index in [1.54, 1.807) is 36.4 Å². The molecular formula is C26H21N3O4. The SMILES string of the molecule is COC(=O)c1c(-c2ccccc2)c(-c2ccccc2)nn(CC(=O)Nc2ccccc2)c1=O. The van der Waals surface area contributed by atoms with Gasteiger partial charge < -0.3 is 10.1 Å². The van der Waals surface area contributed by atoms with Crippen molar-refractivity contribution in [3.05, 3.63) is 107 Å². The fourth-order valence-electron chi connectivity index (χ4n) is 3.51. The van der Waals surface area contributed by atoms with E-state index in [9.17, 15) is 14.4 Å². The maximum atomic E-state index is 13.4. The number of para-hydroxylation sites is 1. The zero-order chi connectivity index (χ0) is 23.2. The third kappa shape index (κ3) is 4.72. The zero-order valence-corrected chi connectivity index (χ0v) is 17.9. The summed E-state index contributed by atoms with van der Waals surface area (Å²) in [7, 11) is 1.21.